The van der Waals surface area contributed by atoms with Gasteiger partial charge < -0.3 is 0 Å². The molecule has 1 atom stereocenters. The lowest BCUT2D eigenvalue weighted by Crippen LogP contribution is -2.04. The molecule has 0 aliphatic carbocycles. The summed E-state index contributed by atoms with van der Waals surface area (Å²) in [5.74, 6) is 0.404. The third-order valence-electron chi connectivity index (χ3n) is 5.30. The Bertz CT molecular complexity index is 1180. The first-order chi connectivity index (χ1) is 13.0. The predicted octanol–water partition coefficient (Wildman–Crippen LogP) is 7.71. The van der Waals surface area contributed by atoms with Gasteiger partial charge in [0.1, 0.15) is 0 Å². The zero-order valence-electron chi connectivity index (χ0n) is 16.4. The van der Waals surface area contributed by atoms with Crippen LogP contribution in [0.15, 0.2) is 71.5 Å². The van der Waals surface area contributed by atoms with Gasteiger partial charge in [0.15, 0.2) is 5.43 Å². The fourth-order valence-corrected chi connectivity index (χ4v) is 7.04. The van der Waals surface area contributed by atoms with Crippen molar-refractivity contribution in [3.63, 3.8) is 0 Å². The number of hydrogen-bond acceptors (Lipinski definition) is 1. The van der Waals surface area contributed by atoms with E-state index in [0.717, 1.165) is 10.8 Å². The van der Waals surface area contributed by atoms with Crippen LogP contribution >= 0.6 is 7.53 Å². The van der Waals surface area contributed by atoms with Gasteiger partial charge in [0, 0.05) is 21.0 Å². The molecule has 0 saturated carbocycles. The van der Waals surface area contributed by atoms with Crippen LogP contribution in [0, 0.1) is 0 Å². The Hall–Kier alpha value is -2.37. The highest BCUT2D eigenvalue weighted by Gasteiger charge is 2.20. The van der Waals surface area contributed by atoms with E-state index in [1.54, 1.807) is 0 Å². The molecule has 0 radical (unpaired) electrons. The zero-order valence-corrected chi connectivity index (χ0v) is 17.3. The smallest absolute Gasteiger partial charge is 0.194 e. The summed E-state index contributed by atoms with van der Waals surface area (Å²) in [6.07, 6.45) is 0. The van der Waals surface area contributed by atoms with Crippen LogP contribution in [0.4, 0.5) is 0 Å². The standard InChI is InChI=1S/C25H25OP/c1-16(2)19-14-15-21-24(26)20-12-8-9-13-22(20)27(17(3)4)25(21)23(19)18-10-6-5-7-11-18/h5-17H,1-4H3. The first-order valence-electron chi connectivity index (χ1n) is 9.66. The van der Waals surface area contributed by atoms with Crippen LogP contribution in [0.2, 0.25) is 0 Å². The van der Waals surface area contributed by atoms with E-state index in [9.17, 15) is 4.79 Å². The Balaban J connectivity index is 2.33. The average Bonchev–Trinajstić information content (AvgIpc) is 2.67. The van der Waals surface area contributed by atoms with Gasteiger partial charge in [-0.05, 0) is 34.3 Å². The summed E-state index contributed by atoms with van der Waals surface area (Å²) in [6.45, 7) is 9.06. The highest BCUT2D eigenvalue weighted by Crippen LogP contribution is 2.54. The van der Waals surface area contributed by atoms with Gasteiger partial charge in [-0.1, -0.05) is 88.4 Å². The first-order valence-corrected chi connectivity index (χ1v) is 11.1. The van der Waals surface area contributed by atoms with Crippen molar-refractivity contribution in [2.24, 2.45) is 0 Å². The SMILES string of the molecule is CC(C)c1ccc2c(=O)c3ccccc3p(C(C)C)c2c1-c1ccccc1. The van der Waals surface area contributed by atoms with Gasteiger partial charge in [0.25, 0.3) is 0 Å². The van der Waals surface area contributed by atoms with E-state index < -0.39 is 7.53 Å². The summed E-state index contributed by atoms with van der Waals surface area (Å²) in [5, 5.41) is 4.30. The molecule has 0 N–H and O–H groups in total. The summed E-state index contributed by atoms with van der Waals surface area (Å²) in [4.78, 5) is 13.4. The average molecular weight is 372 g/mol. The van der Waals surface area contributed by atoms with Gasteiger partial charge in [0.05, 0.1) is 0 Å². The van der Waals surface area contributed by atoms with Crippen LogP contribution in [0.1, 0.15) is 44.8 Å². The third kappa shape index (κ3) is 2.91. The number of fused-ring (bicyclic) bond motifs is 2. The van der Waals surface area contributed by atoms with Crippen LogP contribution in [0.5, 0.6) is 0 Å². The molecule has 136 valence electrons. The Morgan fingerprint density at radius 3 is 2.07 bits per heavy atom. The third-order valence-corrected chi connectivity index (χ3v) is 8.19. The van der Waals surface area contributed by atoms with Gasteiger partial charge >= 0.3 is 0 Å². The number of rotatable bonds is 3. The van der Waals surface area contributed by atoms with Gasteiger partial charge in [-0.25, -0.2) is 0 Å². The van der Waals surface area contributed by atoms with E-state index in [1.807, 2.05) is 12.1 Å². The van der Waals surface area contributed by atoms with Crippen LogP contribution < -0.4 is 5.43 Å². The molecule has 0 bridgehead atoms. The first kappa shape index (κ1) is 18.0. The molecule has 0 aliphatic heterocycles. The number of hydrogen-bond donors (Lipinski definition) is 0. The maximum atomic E-state index is 13.4. The molecular formula is C25H25OP. The number of benzene rings is 3. The minimum Gasteiger partial charge on any atom is -0.289 e. The molecule has 0 amide bonds. The van der Waals surface area contributed by atoms with Crippen molar-refractivity contribution in [3.8, 4) is 11.1 Å². The van der Waals surface area contributed by atoms with Gasteiger partial charge in [-0.15, -0.1) is 7.53 Å². The molecule has 0 aliphatic rings. The van der Waals surface area contributed by atoms with Crippen LogP contribution in [-0.2, 0) is 0 Å². The summed E-state index contributed by atoms with van der Waals surface area (Å²) < 4.78 is 0. The molecule has 1 nitrogen and oxygen atoms in total. The van der Waals surface area contributed by atoms with Crippen molar-refractivity contribution >= 4 is 28.5 Å². The minimum absolute atomic E-state index is 0.174. The molecule has 3 aromatic carbocycles. The molecule has 1 unspecified atom stereocenters. The Labute approximate surface area is 161 Å². The minimum atomic E-state index is -0.595. The van der Waals surface area contributed by atoms with E-state index in [-0.39, 0.29) is 5.43 Å². The van der Waals surface area contributed by atoms with Crippen molar-refractivity contribution in [1.82, 2.24) is 0 Å². The largest absolute Gasteiger partial charge is 0.289 e. The lowest BCUT2D eigenvalue weighted by molar-refractivity contribution is 0.871. The zero-order chi connectivity index (χ0) is 19.1. The molecule has 4 aromatic rings. The van der Waals surface area contributed by atoms with Crippen molar-refractivity contribution < 1.29 is 0 Å². The second kappa shape index (κ2) is 6.98. The molecule has 0 spiro atoms. The molecule has 1 heterocycles. The van der Waals surface area contributed by atoms with Crippen molar-refractivity contribution in [2.45, 2.75) is 39.3 Å². The van der Waals surface area contributed by atoms with Crippen molar-refractivity contribution in [2.75, 3.05) is 0 Å². The van der Waals surface area contributed by atoms with Gasteiger partial charge in [-0.2, -0.15) is 0 Å². The predicted molar refractivity (Wildman–Crippen MR) is 120 cm³/mol. The Kier molecular flexibility index (Phi) is 4.66. The van der Waals surface area contributed by atoms with Gasteiger partial charge in [-0.3, -0.25) is 4.79 Å². The molecule has 0 fully saturated rings. The van der Waals surface area contributed by atoms with E-state index in [4.69, 9.17) is 0 Å². The quantitative estimate of drug-likeness (QED) is 0.337. The molecule has 4 rings (SSSR count). The van der Waals surface area contributed by atoms with Crippen LogP contribution in [-0.4, -0.2) is 0 Å². The topological polar surface area (TPSA) is 17.1 Å². The van der Waals surface area contributed by atoms with Crippen LogP contribution in [0.25, 0.3) is 32.1 Å². The van der Waals surface area contributed by atoms with E-state index in [2.05, 4.69) is 82.3 Å². The molecule has 1 aromatic heterocycles. The van der Waals surface area contributed by atoms with E-state index in [0.29, 0.717) is 11.6 Å². The molecule has 27 heavy (non-hydrogen) atoms. The van der Waals surface area contributed by atoms with E-state index in [1.165, 1.54) is 26.9 Å². The van der Waals surface area contributed by atoms with Crippen LogP contribution in [0.3, 0.4) is 0 Å². The second-order valence-corrected chi connectivity index (χ2v) is 10.5. The summed E-state index contributed by atoms with van der Waals surface area (Å²) in [6, 6.07) is 23.1. The molecule has 2 heteroatoms. The fourth-order valence-electron chi connectivity index (χ4n) is 4.11. The fraction of sp³-hybridized carbons (Fsp3) is 0.240. The normalized spacial score (nSPS) is 12.4. The highest BCUT2D eigenvalue weighted by molar-refractivity contribution is 7.61. The summed E-state index contributed by atoms with van der Waals surface area (Å²) in [7, 11) is -0.595. The van der Waals surface area contributed by atoms with Gasteiger partial charge in [0.2, 0.25) is 0 Å². The second-order valence-electron chi connectivity index (χ2n) is 7.76. The van der Waals surface area contributed by atoms with Crippen molar-refractivity contribution in [1.29, 1.82) is 0 Å². The Morgan fingerprint density at radius 1 is 0.741 bits per heavy atom. The summed E-state index contributed by atoms with van der Waals surface area (Å²) >= 11 is 0. The Morgan fingerprint density at radius 2 is 1.41 bits per heavy atom. The maximum absolute atomic E-state index is 13.4. The lowest BCUT2D eigenvalue weighted by atomic mass is 9.91. The molecule has 0 saturated heterocycles. The summed E-state index contributed by atoms with van der Waals surface area (Å²) in [5.41, 5.74) is 4.48. The van der Waals surface area contributed by atoms with E-state index >= 15 is 0 Å². The van der Waals surface area contributed by atoms with Crippen molar-refractivity contribution in [3.05, 3.63) is 82.5 Å². The monoisotopic (exact) mass is 372 g/mol. The maximum Gasteiger partial charge on any atom is 0.194 e. The molecular weight excluding hydrogens is 347 g/mol. The highest BCUT2D eigenvalue weighted by atomic mass is 31.1. The lowest BCUT2D eigenvalue weighted by Gasteiger charge is -2.22.